The topological polar surface area (TPSA) is 163 Å². The van der Waals surface area contributed by atoms with Crippen molar-refractivity contribution in [1.29, 1.82) is 0 Å². The van der Waals surface area contributed by atoms with Gasteiger partial charge in [-0.05, 0) is 25.0 Å². The zero-order chi connectivity index (χ0) is 23.7. The third-order valence-corrected chi connectivity index (χ3v) is 4.03. The van der Waals surface area contributed by atoms with Crippen LogP contribution in [-0.4, -0.2) is 34.9 Å². The number of hydrogen-bond acceptors (Lipinski definition) is 8. The zero-order valence-corrected chi connectivity index (χ0v) is 17.5. The van der Waals surface area contributed by atoms with Crippen molar-refractivity contribution in [3.63, 3.8) is 0 Å². The van der Waals surface area contributed by atoms with Crippen molar-refractivity contribution in [2.24, 2.45) is 0 Å². The quantitative estimate of drug-likeness (QED) is 0.300. The summed E-state index contributed by atoms with van der Waals surface area (Å²) < 4.78 is 11.2. The van der Waals surface area contributed by atoms with Gasteiger partial charge >= 0.3 is 0 Å². The Kier molecular flexibility index (Phi) is 8.45. The molecular formula is C20H22N4O8. The van der Waals surface area contributed by atoms with Crippen LogP contribution in [-0.2, 0) is 9.59 Å². The van der Waals surface area contributed by atoms with Gasteiger partial charge in [0.1, 0.15) is 11.5 Å². The molecule has 0 fully saturated rings. The Hall–Kier alpha value is -4.22. The summed E-state index contributed by atoms with van der Waals surface area (Å²) in [5.74, 6) is -0.350. The Morgan fingerprint density at radius 3 is 1.47 bits per heavy atom. The molecule has 0 spiro atoms. The number of benzene rings is 2. The molecule has 0 radical (unpaired) electrons. The summed E-state index contributed by atoms with van der Waals surface area (Å²) in [6, 6.07) is 7.76. The lowest BCUT2D eigenvalue weighted by Crippen LogP contribution is -2.10. The van der Waals surface area contributed by atoms with E-state index in [-0.39, 0.29) is 47.9 Å². The normalized spacial score (nSPS) is 10.2. The van der Waals surface area contributed by atoms with E-state index in [1.165, 1.54) is 50.2 Å². The Morgan fingerprint density at radius 1 is 0.781 bits per heavy atom. The predicted octanol–water partition coefficient (Wildman–Crippen LogP) is 3.66. The maximum Gasteiger partial charge on any atom is 0.273 e. The first-order chi connectivity index (χ1) is 15.2. The van der Waals surface area contributed by atoms with Crippen LogP contribution in [0.25, 0.3) is 0 Å². The van der Waals surface area contributed by atoms with Gasteiger partial charge in [0.05, 0.1) is 46.6 Å². The number of carbonyl (C=O) groups is 2. The lowest BCUT2D eigenvalue weighted by Gasteiger charge is -2.13. The molecule has 0 aromatic heterocycles. The highest BCUT2D eigenvalue weighted by molar-refractivity contribution is 5.91. The zero-order valence-electron chi connectivity index (χ0n) is 17.5. The predicted molar refractivity (Wildman–Crippen MR) is 115 cm³/mol. The lowest BCUT2D eigenvalue weighted by molar-refractivity contribution is -0.385. The van der Waals surface area contributed by atoms with Crippen LogP contribution in [0, 0.1) is 20.2 Å². The van der Waals surface area contributed by atoms with Crippen molar-refractivity contribution >= 4 is 34.6 Å². The maximum absolute atomic E-state index is 11.3. The average Bonchev–Trinajstić information content (AvgIpc) is 2.71. The number of nitro benzene ring substituents is 2. The minimum Gasteiger partial charge on any atom is -0.491 e. The summed E-state index contributed by atoms with van der Waals surface area (Å²) in [7, 11) is 0. The number of nitrogens with zero attached hydrogens (tertiary/aromatic N) is 2. The Balaban J connectivity index is 1.93. The number of unbranched alkanes of at least 4 members (excludes halogenated alkanes) is 1. The number of nitrogens with one attached hydrogen (secondary N) is 2. The van der Waals surface area contributed by atoms with Gasteiger partial charge in [0.25, 0.3) is 11.4 Å². The highest BCUT2D eigenvalue weighted by Crippen LogP contribution is 2.31. The maximum atomic E-state index is 11.3. The van der Waals surface area contributed by atoms with Gasteiger partial charge in [-0.3, -0.25) is 29.8 Å². The molecule has 12 heteroatoms. The fraction of sp³-hybridized carbons (Fsp3) is 0.300. The molecule has 0 atom stereocenters. The van der Waals surface area contributed by atoms with E-state index >= 15 is 0 Å². The summed E-state index contributed by atoms with van der Waals surface area (Å²) in [6.07, 6.45) is 0.985. The minimum absolute atomic E-state index is 0.168. The van der Waals surface area contributed by atoms with Crippen molar-refractivity contribution in [1.82, 2.24) is 0 Å². The molecule has 0 heterocycles. The molecule has 2 aromatic rings. The van der Waals surface area contributed by atoms with E-state index in [2.05, 4.69) is 10.6 Å². The number of anilines is 2. The number of hydrogen-bond donors (Lipinski definition) is 2. The summed E-state index contributed by atoms with van der Waals surface area (Å²) >= 11 is 0. The van der Waals surface area contributed by atoms with Crippen LogP contribution in [0.5, 0.6) is 11.5 Å². The van der Waals surface area contributed by atoms with Gasteiger partial charge in [0.15, 0.2) is 0 Å². The number of ether oxygens (including phenoxy) is 2. The second-order valence-electron chi connectivity index (χ2n) is 6.64. The Bertz CT molecular complexity index is 943. The summed E-state index contributed by atoms with van der Waals surface area (Å²) in [5, 5.41) is 27.0. The molecule has 2 aromatic carbocycles. The molecule has 2 N–H and O–H groups in total. The van der Waals surface area contributed by atoms with Crippen LogP contribution < -0.4 is 20.1 Å². The van der Waals surface area contributed by atoms with E-state index in [1.54, 1.807) is 0 Å². The molecule has 0 bridgehead atoms. The second kappa shape index (κ2) is 11.2. The molecule has 170 valence electrons. The molecule has 2 amide bonds. The summed E-state index contributed by atoms with van der Waals surface area (Å²) in [6.45, 7) is 2.99. The van der Waals surface area contributed by atoms with E-state index in [0.717, 1.165) is 0 Å². The summed E-state index contributed by atoms with van der Waals surface area (Å²) in [5.41, 5.74) is 0.286. The lowest BCUT2D eigenvalue weighted by atomic mass is 10.2. The van der Waals surface area contributed by atoms with Crippen molar-refractivity contribution in [2.75, 3.05) is 23.8 Å². The average molecular weight is 446 g/mol. The number of nitro groups is 2. The van der Waals surface area contributed by atoms with Crippen LogP contribution in [0.2, 0.25) is 0 Å². The Morgan fingerprint density at radius 2 is 1.16 bits per heavy atom. The fourth-order valence-electron chi connectivity index (χ4n) is 2.64. The number of rotatable bonds is 11. The minimum atomic E-state index is -0.566. The number of carbonyl (C=O) groups excluding carboxylic acids is 2. The molecule has 12 nitrogen and oxygen atoms in total. The molecule has 0 aliphatic heterocycles. The largest absolute Gasteiger partial charge is 0.491 e. The summed E-state index contributed by atoms with van der Waals surface area (Å²) in [4.78, 5) is 43.4. The third-order valence-electron chi connectivity index (χ3n) is 4.03. The highest BCUT2D eigenvalue weighted by atomic mass is 16.6. The van der Waals surface area contributed by atoms with Gasteiger partial charge in [0.2, 0.25) is 11.8 Å². The van der Waals surface area contributed by atoms with E-state index < -0.39 is 9.85 Å². The van der Waals surface area contributed by atoms with Gasteiger partial charge in [-0.25, -0.2) is 0 Å². The van der Waals surface area contributed by atoms with E-state index in [1.807, 2.05) is 0 Å². The van der Waals surface area contributed by atoms with Crippen molar-refractivity contribution < 1.29 is 28.9 Å². The van der Waals surface area contributed by atoms with E-state index in [4.69, 9.17) is 9.47 Å². The highest BCUT2D eigenvalue weighted by Gasteiger charge is 2.14. The van der Waals surface area contributed by atoms with Crippen molar-refractivity contribution in [2.45, 2.75) is 26.7 Å². The Labute approximate surface area is 182 Å². The van der Waals surface area contributed by atoms with Gasteiger partial charge in [-0.2, -0.15) is 0 Å². The van der Waals surface area contributed by atoms with Crippen LogP contribution in [0.3, 0.4) is 0 Å². The number of non-ortho nitro benzene ring substituents is 2. The van der Waals surface area contributed by atoms with Crippen LogP contribution >= 0.6 is 0 Å². The van der Waals surface area contributed by atoms with E-state index in [9.17, 15) is 29.8 Å². The fourth-order valence-corrected chi connectivity index (χ4v) is 2.64. The van der Waals surface area contributed by atoms with Crippen LogP contribution in [0.4, 0.5) is 22.7 Å². The second-order valence-corrected chi connectivity index (χ2v) is 6.64. The molecule has 0 saturated carbocycles. The van der Waals surface area contributed by atoms with Crippen LogP contribution in [0.1, 0.15) is 26.7 Å². The van der Waals surface area contributed by atoms with E-state index in [0.29, 0.717) is 24.2 Å². The van der Waals surface area contributed by atoms with Gasteiger partial charge in [-0.1, -0.05) is 0 Å². The smallest absolute Gasteiger partial charge is 0.273 e. The van der Waals surface area contributed by atoms with Crippen molar-refractivity contribution in [3.05, 3.63) is 56.6 Å². The third kappa shape index (κ3) is 7.23. The first-order valence-corrected chi connectivity index (χ1v) is 9.55. The van der Waals surface area contributed by atoms with Gasteiger partial charge < -0.3 is 20.1 Å². The van der Waals surface area contributed by atoms with Gasteiger partial charge in [-0.15, -0.1) is 0 Å². The molecule has 32 heavy (non-hydrogen) atoms. The monoisotopic (exact) mass is 446 g/mol. The molecule has 0 saturated heterocycles. The number of amides is 2. The first kappa shape index (κ1) is 24.1. The first-order valence-electron chi connectivity index (χ1n) is 9.55. The molecular weight excluding hydrogens is 424 g/mol. The molecule has 0 aliphatic carbocycles. The van der Waals surface area contributed by atoms with Crippen LogP contribution in [0.15, 0.2) is 36.4 Å². The van der Waals surface area contributed by atoms with Crippen molar-refractivity contribution in [3.8, 4) is 11.5 Å². The van der Waals surface area contributed by atoms with Gasteiger partial charge in [0, 0.05) is 26.0 Å². The molecule has 0 unspecified atom stereocenters. The molecule has 0 aliphatic rings. The standard InChI is InChI=1S/C20H22N4O8/c1-13(25)21-17-7-5-15(23(27)28)11-19(17)31-9-3-4-10-32-20-12-16(24(29)30)6-8-18(20)22-14(2)26/h5-8,11-12H,3-4,9-10H2,1-2H3,(H,21,25)(H,22,26). The SMILES string of the molecule is CC(=O)Nc1ccc([N+](=O)[O-])cc1OCCCCOc1cc([N+](=O)[O-])ccc1NC(C)=O. The molecule has 2 rings (SSSR count).